The van der Waals surface area contributed by atoms with Crippen LogP contribution < -0.4 is 0 Å². The Hall–Kier alpha value is -1.55. The highest BCUT2D eigenvalue weighted by Gasteiger charge is 2.15. The van der Waals surface area contributed by atoms with Gasteiger partial charge in [-0.15, -0.1) is 0 Å². The molecule has 0 fully saturated rings. The highest BCUT2D eigenvalue weighted by atomic mass is 16.7. The molecule has 0 bridgehead atoms. The second-order valence-corrected chi connectivity index (χ2v) is 4.18. The van der Waals surface area contributed by atoms with E-state index in [1.165, 1.54) is 12.2 Å². The molecule has 0 saturated heterocycles. The maximum atomic E-state index is 11.7. The SMILES string of the molecule is CON(CC(C)C)C(=O)OCc1ccccc1. The molecule has 94 valence electrons. The maximum absolute atomic E-state index is 11.7. The van der Waals surface area contributed by atoms with Gasteiger partial charge in [0.25, 0.3) is 0 Å². The zero-order chi connectivity index (χ0) is 12.7. The van der Waals surface area contributed by atoms with Crippen LogP contribution in [0.1, 0.15) is 19.4 Å². The molecule has 0 spiro atoms. The van der Waals surface area contributed by atoms with Crippen LogP contribution in [0.3, 0.4) is 0 Å². The Morgan fingerprint density at radius 2 is 1.94 bits per heavy atom. The predicted molar refractivity (Wildman–Crippen MR) is 65.2 cm³/mol. The van der Waals surface area contributed by atoms with Crippen LogP contribution in [0.5, 0.6) is 0 Å². The van der Waals surface area contributed by atoms with E-state index in [9.17, 15) is 4.79 Å². The average Bonchev–Trinajstić information content (AvgIpc) is 2.34. The molecule has 0 unspecified atom stereocenters. The summed E-state index contributed by atoms with van der Waals surface area (Å²) in [5.74, 6) is 0.333. The number of hydrogen-bond acceptors (Lipinski definition) is 3. The van der Waals surface area contributed by atoms with E-state index in [0.29, 0.717) is 12.5 Å². The molecule has 0 atom stereocenters. The molecular weight excluding hydrogens is 218 g/mol. The molecule has 0 aliphatic rings. The van der Waals surface area contributed by atoms with Crippen LogP contribution in [0.15, 0.2) is 30.3 Å². The first kappa shape index (κ1) is 13.5. The van der Waals surface area contributed by atoms with Crippen molar-refractivity contribution in [2.24, 2.45) is 5.92 Å². The number of ether oxygens (including phenoxy) is 1. The number of hydroxylamine groups is 2. The van der Waals surface area contributed by atoms with Gasteiger partial charge in [-0.1, -0.05) is 44.2 Å². The van der Waals surface area contributed by atoms with Crippen molar-refractivity contribution in [3.8, 4) is 0 Å². The third-order valence-corrected chi connectivity index (χ3v) is 2.16. The second kappa shape index (κ2) is 6.91. The molecule has 1 aromatic carbocycles. The van der Waals surface area contributed by atoms with Crippen LogP contribution in [0.2, 0.25) is 0 Å². The molecule has 0 N–H and O–H groups in total. The van der Waals surface area contributed by atoms with Gasteiger partial charge in [0.05, 0.1) is 13.7 Å². The van der Waals surface area contributed by atoms with Gasteiger partial charge in [-0.05, 0) is 11.5 Å². The molecule has 0 aliphatic carbocycles. The van der Waals surface area contributed by atoms with Gasteiger partial charge in [0.15, 0.2) is 0 Å². The molecule has 4 heteroatoms. The number of benzene rings is 1. The fourth-order valence-corrected chi connectivity index (χ4v) is 1.35. The molecule has 0 radical (unpaired) electrons. The third kappa shape index (κ3) is 4.87. The lowest BCUT2D eigenvalue weighted by Crippen LogP contribution is -2.33. The number of hydrogen-bond donors (Lipinski definition) is 0. The number of nitrogens with zero attached hydrogens (tertiary/aromatic N) is 1. The van der Waals surface area contributed by atoms with Gasteiger partial charge in [0.2, 0.25) is 0 Å². The standard InChI is InChI=1S/C13H19NO3/c1-11(2)9-14(16-3)13(15)17-10-12-7-5-4-6-8-12/h4-8,11H,9-10H2,1-3H3. The molecule has 0 aromatic heterocycles. The number of amides is 1. The van der Waals surface area contributed by atoms with E-state index < -0.39 is 6.09 Å². The van der Waals surface area contributed by atoms with Crippen molar-refractivity contribution in [1.29, 1.82) is 0 Å². The first-order valence-corrected chi connectivity index (χ1v) is 5.65. The van der Waals surface area contributed by atoms with Crippen molar-refractivity contribution >= 4 is 6.09 Å². The van der Waals surface area contributed by atoms with Gasteiger partial charge in [-0.25, -0.2) is 4.79 Å². The molecule has 1 aromatic rings. The number of rotatable bonds is 5. The zero-order valence-corrected chi connectivity index (χ0v) is 10.6. The average molecular weight is 237 g/mol. The van der Waals surface area contributed by atoms with Crippen LogP contribution in [-0.2, 0) is 16.2 Å². The summed E-state index contributed by atoms with van der Waals surface area (Å²) in [5.41, 5.74) is 0.960. The Labute approximate surface area is 102 Å². The van der Waals surface area contributed by atoms with Crippen molar-refractivity contribution < 1.29 is 14.4 Å². The summed E-state index contributed by atoms with van der Waals surface area (Å²) < 4.78 is 5.14. The number of carbonyl (C=O) groups is 1. The van der Waals surface area contributed by atoms with Crippen LogP contribution in [0.25, 0.3) is 0 Å². The second-order valence-electron chi connectivity index (χ2n) is 4.18. The maximum Gasteiger partial charge on any atom is 0.434 e. The van der Waals surface area contributed by atoms with Crippen molar-refractivity contribution in [3.63, 3.8) is 0 Å². The van der Waals surface area contributed by atoms with Gasteiger partial charge in [-0.2, -0.15) is 5.06 Å². The predicted octanol–water partition coefficient (Wildman–Crippen LogP) is 2.84. The van der Waals surface area contributed by atoms with Crippen molar-refractivity contribution in [2.45, 2.75) is 20.5 Å². The summed E-state index contributed by atoms with van der Waals surface area (Å²) in [5, 5.41) is 1.23. The first-order valence-electron chi connectivity index (χ1n) is 5.65. The van der Waals surface area contributed by atoms with Crippen LogP contribution in [-0.4, -0.2) is 24.8 Å². The molecule has 17 heavy (non-hydrogen) atoms. The Morgan fingerprint density at radius 3 is 2.47 bits per heavy atom. The minimum atomic E-state index is -0.454. The normalized spacial score (nSPS) is 10.4. The van der Waals surface area contributed by atoms with Gasteiger partial charge >= 0.3 is 6.09 Å². The van der Waals surface area contributed by atoms with E-state index in [-0.39, 0.29) is 6.61 Å². The van der Waals surface area contributed by atoms with Crippen LogP contribution in [0, 0.1) is 5.92 Å². The molecule has 4 nitrogen and oxygen atoms in total. The van der Waals surface area contributed by atoms with Crippen molar-refractivity contribution in [1.82, 2.24) is 5.06 Å². The summed E-state index contributed by atoms with van der Waals surface area (Å²) in [6.45, 7) is 4.80. The first-order chi connectivity index (χ1) is 8.13. The summed E-state index contributed by atoms with van der Waals surface area (Å²) in [4.78, 5) is 16.6. The summed E-state index contributed by atoms with van der Waals surface area (Å²) in [6.07, 6.45) is -0.454. The third-order valence-electron chi connectivity index (χ3n) is 2.16. The molecular formula is C13H19NO3. The number of carbonyl (C=O) groups excluding carboxylic acids is 1. The molecule has 1 rings (SSSR count). The molecule has 0 aliphatic heterocycles. The van der Waals surface area contributed by atoms with E-state index in [0.717, 1.165) is 5.56 Å². The van der Waals surface area contributed by atoms with E-state index >= 15 is 0 Å². The zero-order valence-electron chi connectivity index (χ0n) is 10.6. The van der Waals surface area contributed by atoms with Gasteiger partial charge in [-0.3, -0.25) is 4.84 Å². The fourth-order valence-electron chi connectivity index (χ4n) is 1.35. The highest BCUT2D eigenvalue weighted by Crippen LogP contribution is 2.05. The van der Waals surface area contributed by atoms with Crippen LogP contribution in [0.4, 0.5) is 4.79 Å². The molecule has 0 saturated carbocycles. The topological polar surface area (TPSA) is 38.8 Å². The molecule has 0 heterocycles. The molecule has 1 amide bonds. The van der Waals surface area contributed by atoms with E-state index in [1.54, 1.807) is 0 Å². The van der Waals surface area contributed by atoms with Crippen molar-refractivity contribution in [3.05, 3.63) is 35.9 Å². The minimum absolute atomic E-state index is 0.262. The van der Waals surface area contributed by atoms with E-state index in [4.69, 9.17) is 9.57 Å². The Morgan fingerprint density at radius 1 is 1.29 bits per heavy atom. The minimum Gasteiger partial charge on any atom is -0.443 e. The lowest BCUT2D eigenvalue weighted by Gasteiger charge is -2.20. The monoisotopic (exact) mass is 237 g/mol. The van der Waals surface area contributed by atoms with E-state index in [1.807, 2.05) is 44.2 Å². The fraction of sp³-hybridized carbons (Fsp3) is 0.462. The van der Waals surface area contributed by atoms with E-state index in [2.05, 4.69) is 0 Å². The quantitative estimate of drug-likeness (QED) is 0.739. The van der Waals surface area contributed by atoms with Crippen LogP contribution >= 0.6 is 0 Å². The smallest absolute Gasteiger partial charge is 0.434 e. The Kier molecular flexibility index (Phi) is 5.49. The lowest BCUT2D eigenvalue weighted by atomic mass is 10.2. The van der Waals surface area contributed by atoms with Crippen molar-refractivity contribution in [2.75, 3.05) is 13.7 Å². The summed E-state index contributed by atoms with van der Waals surface area (Å²) in [6, 6.07) is 9.56. The largest absolute Gasteiger partial charge is 0.443 e. The van der Waals surface area contributed by atoms with Gasteiger partial charge < -0.3 is 4.74 Å². The Bertz CT molecular complexity index is 338. The summed E-state index contributed by atoms with van der Waals surface area (Å²) in [7, 11) is 1.46. The highest BCUT2D eigenvalue weighted by molar-refractivity contribution is 5.66. The van der Waals surface area contributed by atoms with Gasteiger partial charge in [0, 0.05) is 0 Å². The summed E-state index contributed by atoms with van der Waals surface area (Å²) >= 11 is 0. The lowest BCUT2D eigenvalue weighted by molar-refractivity contribution is -0.117. The Balaban J connectivity index is 2.42. The van der Waals surface area contributed by atoms with Gasteiger partial charge in [0.1, 0.15) is 6.61 Å².